The molecule has 0 atom stereocenters. The Hall–Kier alpha value is -1.20. The molecule has 0 aliphatic carbocycles. The van der Waals surface area contributed by atoms with Crippen LogP contribution in [0.2, 0.25) is 5.02 Å². The van der Waals surface area contributed by atoms with E-state index in [-0.39, 0.29) is 0 Å². The maximum Gasteiger partial charge on any atom is 0.101 e. The third-order valence-electron chi connectivity index (χ3n) is 1.40. The SMILES string of the molecule is Cc1cc(N)cc(C#N)c1Cl. The van der Waals surface area contributed by atoms with Crippen LogP contribution in [0.4, 0.5) is 5.69 Å². The number of aryl methyl sites for hydroxylation is 1. The van der Waals surface area contributed by atoms with Gasteiger partial charge in [-0.2, -0.15) is 5.26 Å². The summed E-state index contributed by atoms with van der Waals surface area (Å²) < 4.78 is 0. The minimum atomic E-state index is 0.434. The van der Waals surface area contributed by atoms with Crippen LogP contribution < -0.4 is 5.73 Å². The van der Waals surface area contributed by atoms with Crippen LogP contribution in [0.1, 0.15) is 11.1 Å². The summed E-state index contributed by atoms with van der Waals surface area (Å²) in [5.41, 5.74) is 7.34. The standard InChI is InChI=1S/C8H7ClN2/c1-5-2-7(11)3-6(4-10)8(5)9/h2-3H,11H2,1H3. The largest absolute Gasteiger partial charge is 0.399 e. The van der Waals surface area contributed by atoms with Crippen molar-refractivity contribution in [3.63, 3.8) is 0 Å². The molecule has 0 radical (unpaired) electrons. The van der Waals surface area contributed by atoms with Gasteiger partial charge in [0.25, 0.3) is 0 Å². The second-order valence-electron chi connectivity index (χ2n) is 2.31. The molecule has 0 saturated carbocycles. The fourth-order valence-electron chi connectivity index (χ4n) is 0.879. The molecule has 1 aromatic rings. The number of nitrogens with two attached hydrogens (primary N) is 1. The van der Waals surface area contributed by atoms with E-state index in [0.717, 1.165) is 5.56 Å². The second kappa shape index (κ2) is 2.81. The number of hydrogen-bond donors (Lipinski definition) is 1. The highest BCUT2D eigenvalue weighted by molar-refractivity contribution is 6.32. The predicted molar refractivity (Wildman–Crippen MR) is 45.3 cm³/mol. The normalized spacial score (nSPS) is 9.18. The van der Waals surface area contributed by atoms with Gasteiger partial charge in [0, 0.05) is 5.69 Å². The minimum absolute atomic E-state index is 0.434. The first kappa shape index (κ1) is 7.90. The average Bonchev–Trinajstić information content (AvgIpc) is 1.96. The van der Waals surface area contributed by atoms with Crippen LogP contribution in [-0.2, 0) is 0 Å². The monoisotopic (exact) mass is 166 g/mol. The first-order valence-electron chi connectivity index (χ1n) is 3.11. The molecule has 0 amide bonds. The number of hydrogen-bond acceptors (Lipinski definition) is 2. The molecular weight excluding hydrogens is 160 g/mol. The quantitative estimate of drug-likeness (QED) is 0.600. The third kappa shape index (κ3) is 1.44. The summed E-state index contributed by atoms with van der Waals surface area (Å²) in [5.74, 6) is 0. The zero-order valence-electron chi connectivity index (χ0n) is 6.06. The van der Waals surface area contributed by atoms with Gasteiger partial charge in [-0.05, 0) is 24.6 Å². The Morgan fingerprint density at radius 1 is 1.55 bits per heavy atom. The molecule has 56 valence electrons. The summed E-state index contributed by atoms with van der Waals surface area (Å²) in [5, 5.41) is 9.06. The lowest BCUT2D eigenvalue weighted by molar-refractivity contribution is 1.42. The summed E-state index contributed by atoms with van der Waals surface area (Å²) in [6.07, 6.45) is 0. The van der Waals surface area contributed by atoms with Gasteiger partial charge in [-0.25, -0.2) is 0 Å². The molecule has 3 heteroatoms. The van der Waals surface area contributed by atoms with E-state index in [4.69, 9.17) is 22.6 Å². The molecular formula is C8H7ClN2. The van der Waals surface area contributed by atoms with E-state index < -0.39 is 0 Å². The van der Waals surface area contributed by atoms with Gasteiger partial charge in [0.2, 0.25) is 0 Å². The molecule has 0 saturated heterocycles. The lowest BCUT2D eigenvalue weighted by atomic mass is 10.1. The smallest absolute Gasteiger partial charge is 0.101 e. The van der Waals surface area contributed by atoms with Gasteiger partial charge >= 0.3 is 0 Å². The molecule has 0 aromatic heterocycles. The molecule has 0 spiro atoms. The van der Waals surface area contributed by atoms with Crippen molar-refractivity contribution in [3.8, 4) is 6.07 Å². The summed E-state index contributed by atoms with van der Waals surface area (Å²) in [6.45, 7) is 1.82. The number of nitriles is 1. The van der Waals surface area contributed by atoms with Crippen LogP contribution in [0.5, 0.6) is 0 Å². The molecule has 2 nitrogen and oxygen atoms in total. The summed E-state index contributed by atoms with van der Waals surface area (Å²) in [4.78, 5) is 0. The van der Waals surface area contributed by atoms with Crippen molar-refractivity contribution in [1.29, 1.82) is 5.26 Å². The number of nitrogens with zero attached hydrogens (tertiary/aromatic N) is 1. The molecule has 0 heterocycles. The number of anilines is 1. The van der Waals surface area contributed by atoms with E-state index in [9.17, 15) is 0 Å². The van der Waals surface area contributed by atoms with Crippen LogP contribution >= 0.6 is 11.6 Å². The Morgan fingerprint density at radius 2 is 2.18 bits per heavy atom. The van der Waals surface area contributed by atoms with Crippen LogP contribution in [0.25, 0.3) is 0 Å². The zero-order chi connectivity index (χ0) is 8.43. The van der Waals surface area contributed by atoms with E-state index in [1.165, 1.54) is 0 Å². The van der Waals surface area contributed by atoms with Crippen LogP contribution in [0.15, 0.2) is 12.1 Å². The van der Waals surface area contributed by atoms with Gasteiger partial charge < -0.3 is 5.73 Å². The Bertz CT molecular complexity index is 326. The predicted octanol–water partition coefficient (Wildman–Crippen LogP) is 2.10. The average molecular weight is 167 g/mol. The summed E-state index contributed by atoms with van der Waals surface area (Å²) >= 11 is 5.79. The third-order valence-corrected chi connectivity index (χ3v) is 1.90. The van der Waals surface area contributed by atoms with Gasteiger partial charge in [0.05, 0.1) is 10.6 Å². The van der Waals surface area contributed by atoms with Crippen molar-refractivity contribution in [2.45, 2.75) is 6.92 Å². The van der Waals surface area contributed by atoms with Crippen molar-refractivity contribution in [1.82, 2.24) is 0 Å². The fourth-order valence-corrected chi connectivity index (χ4v) is 1.03. The van der Waals surface area contributed by atoms with E-state index in [2.05, 4.69) is 0 Å². The highest BCUT2D eigenvalue weighted by Gasteiger charge is 2.02. The molecule has 0 aliphatic heterocycles. The first-order chi connectivity index (χ1) is 5.15. The maximum absolute atomic E-state index is 8.58. The zero-order valence-corrected chi connectivity index (χ0v) is 6.81. The van der Waals surface area contributed by atoms with Crippen LogP contribution in [0, 0.1) is 18.3 Å². The van der Waals surface area contributed by atoms with Gasteiger partial charge in [-0.15, -0.1) is 0 Å². The van der Waals surface area contributed by atoms with Gasteiger partial charge in [0.1, 0.15) is 6.07 Å². The summed E-state index contributed by atoms with van der Waals surface area (Å²) in [7, 11) is 0. The molecule has 1 rings (SSSR count). The Kier molecular flexibility index (Phi) is 2.02. The van der Waals surface area contributed by atoms with Crippen molar-refractivity contribution >= 4 is 17.3 Å². The van der Waals surface area contributed by atoms with Gasteiger partial charge in [-0.1, -0.05) is 11.6 Å². The molecule has 2 N–H and O–H groups in total. The molecule has 11 heavy (non-hydrogen) atoms. The number of halogens is 1. The Morgan fingerprint density at radius 3 is 2.73 bits per heavy atom. The number of nitrogen functional groups attached to an aromatic ring is 1. The van der Waals surface area contributed by atoms with E-state index >= 15 is 0 Å². The first-order valence-corrected chi connectivity index (χ1v) is 3.48. The second-order valence-corrected chi connectivity index (χ2v) is 2.69. The van der Waals surface area contributed by atoms with Crippen molar-refractivity contribution in [2.24, 2.45) is 0 Å². The number of rotatable bonds is 0. The van der Waals surface area contributed by atoms with Crippen LogP contribution in [-0.4, -0.2) is 0 Å². The lowest BCUT2D eigenvalue weighted by Crippen LogP contribution is -1.89. The number of benzene rings is 1. The van der Waals surface area contributed by atoms with Crippen molar-refractivity contribution in [3.05, 3.63) is 28.3 Å². The molecule has 0 fully saturated rings. The topological polar surface area (TPSA) is 49.8 Å². The van der Waals surface area contributed by atoms with Gasteiger partial charge in [-0.3, -0.25) is 0 Å². The van der Waals surface area contributed by atoms with Crippen LogP contribution in [0.3, 0.4) is 0 Å². The minimum Gasteiger partial charge on any atom is -0.399 e. The Labute approximate surface area is 70.2 Å². The highest BCUT2D eigenvalue weighted by atomic mass is 35.5. The van der Waals surface area contributed by atoms with E-state index in [1.807, 2.05) is 13.0 Å². The van der Waals surface area contributed by atoms with E-state index in [1.54, 1.807) is 12.1 Å². The molecule has 0 bridgehead atoms. The molecule has 0 unspecified atom stereocenters. The van der Waals surface area contributed by atoms with E-state index in [0.29, 0.717) is 16.3 Å². The van der Waals surface area contributed by atoms with Crippen molar-refractivity contribution in [2.75, 3.05) is 5.73 Å². The van der Waals surface area contributed by atoms with Crippen molar-refractivity contribution < 1.29 is 0 Å². The molecule has 0 aliphatic rings. The molecule has 1 aromatic carbocycles. The fraction of sp³-hybridized carbons (Fsp3) is 0.125. The Balaban J connectivity index is 3.39. The maximum atomic E-state index is 8.58. The lowest BCUT2D eigenvalue weighted by Gasteiger charge is -2.00. The van der Waals surface area contributed by atoms with Gasteiger partial charge in [0.15, 0.2) is 0 Å². The summed E-state index contributed by atoms with van der Waals surface area (Å²) in [6, 6.07) is 5.27. The highest BCUT2D eigenvalue weighted by Crippen LogP contribution is 2.22.